The van der Waals surface area contributed by atoms with Crippen molar-refractivity contribution in [3.8, 4) is 0 Å². The molecular formula is C26H29FN2O6. The lowest BCUT2D eigenvalue weighted by atomic mass is 10.0. The number of Topliss-reactive ketones (excluding diaryl/α,β-unsaturated/α-hetero) is 1. The van der Waals surface area contributed by atoms with Crippen molar-refractivity contribution in [2.45, 2.75) is 52.4 Å². The van der Waals surface area contributed by atoms with Gasteiger partial charge in [-0.25, -0.2) is 13.8 Å². The number of nitrogens with zero attached hydrogens (tertiary/aromatic N) is 1. The Hall–Kier alpha value is -3.75. The van der Waals surface area contributed by atoms with Gasteiger partial charge in [-0.3, -0.25) is 14.4 Å². The number of ketones is 1. The number of benzene rings is 2. The molecule has 2 aromatic carbocycles. The summed E-state index contributed by atoms with van der Waals surface area (Å²) in [6.07, 6.45) is -3.03. The lowest BCUT2D eigenvalue weighted by Crippen LogP contribution is -2.50. The van der Waals surface area contributed by atoms with Crippen LogP contribution in [0, 0.1) is 5.92 Å². The van der Waals surface area contributed by atoms with Crippen molar-refractivity contribution < 1.29 is 33.0 Å². The quantitative estimate of drug-likeness (QED) is 0.457. The number of halogens is 1. The van der Waals surface area contributed by atoms with Crippen LogP contribution in [0.4, 0.5) is 9.18 Å². The smallest absolute Gasteiger partial charge is 0.419 e. The van der Waals surface area contributed by atoms with Gasteiger partial charge in [0, 0.05) is 10.8 Å². The van der Waals surface area contributed by atoms with E-state index in [9.17, 15) is 23.6 Å². The molecule has 1 N–H and O–H groups in total. The highest BCUT2D eigenvalue weighted by atomic mass is 19.1. The van der Waals surface area contributed by atoms with Gasteiger partial charge in [0.1, 0.15) is 12.7 Å². The van der Waals surface area contributed by atoms with Crippen molar-refractivity contribution >= 4 is 45.6 Å². The fraction of sp³-hybridized carbons (Fsp3) is 0.385. The monoisotopic (exact) mass is 484 g/mol. The number of hydrogen-bond acceptors (Lipinski definition) is 6. The number of aromatic nitrogens is 1. The minimum Gasteiger partial charge on any atom is -0.463 e. The number of ether oxygens (including phenoxy) is 2. The van der Waals surface area contributed by atoms with Gasteiger partial charge in [-0.1, -0.05) is 50.2 Å². The molecule has 0 saturated heterocycles. The van der Waals surface area contributed by atoms with Gasteiger partial charge in [0.2, 0.25) is 0 Å². The van der Waals surface area contributed by atoms with Crippen LogP contribution in [-0.4, -0.2) is 53.2 Å². The molecule has 35 heavy (non-hydrogen) atoms. The third-order valence-electron chi connectivity index (χ3n) is 5.43. The Morgan fingerprint density at radius 3 is 1.91 bits per heavy atom. The van der Waals surface area contributed by atoms with Crippen LogP contribution in [0.2, 0.25) is 0 Å². The summed E-state index contributed by atoms with van der Waals surface area (Å²) in [5.74, 6) is -3.01. The highest BCUT2D eigenvalue weighted by Gasteiger charge is 2.33. The fourth-order valence-corrected chi connectivity index (χ4v) is 3.84. The second-order valence-corrected chi connectivity index (χ2v) is 8.82. The summed E-state index contributed by atoms with van der Waals surface area (Å²) in [4.78, 5) is 50.4. The first kappa shape index (κ1) is 25.9. The Labute approximate surface area is 202 Å². The third-order valence-corrected chi connectivity index (χ3v) is 5.43. The van der Waals surface area contributed by atoms with Crippen LogP contribution in [0.5, 0.6) is 0 Å². The highest BCUT2D eigenvalue weighted by molar-refractivity contribution is 6.12. The molecule has 1 heterocycles. The summed E-state index contributed by atoms with van der Waals surface area (Å²) in [6.45, 7) is 5.23. The second kappa shape index (κ2) is 11.1. The van der Waals surface area contributed by atoms with E-state index in [1.54, 1.807) is 52.0 Å². The van der Waals surface area contributed by atoms with Crippen LogP contribution >= 0.6 is 0 Å². The molecular weight excluding hydrogens is 455 g/mol. The zero-order chi connectivity index (χ0) is 25.7. The maximum absolute atomic E-state index is 13.3. The van der Waals surface area contributed by atoms with Crippen LogP contribution in [0.1, 0.15) is 34.1 Å². The molecule has 0 fully saturated rings. The highest BCUT2D eigenvalue weighted by Crippen LogP contribution is 2.29. The molecule has 0 spiro atoms. The minimum absolute atomic E-state index is 0.435. The Morgan fingerprint density at radius 1 is 0.886 bits per heavy atom. The van der Waals surface area contributed by atoms with E-state index in [1.807, 2.05) is 24.3 Å². The van der Waals surface area contributed by atoms with E-state index in [1.165, 1.54) is 4.57 Å². The Bertz CT molecular complexity index is 1200. The lowest BCUT2D eigenvalue weighted by molar-refractivity contribution is -0.149. The van der Waals surface area contributed by atoms with Crippen molar-refractivity contribution in [1.29, 1.82) is 0 Å². The molecule has 8 nitrogen and oxygen atoms in total. The molecule has 0 aliphatic carbocycles. The fourth-order valence-electron chi connectivity index (χ4n) is 3.84. The van der Waals surface area contributed by atoms with Crippen LogP contribution < -0.4 is 5.32 Å². The van der Waals surface area contributed by atoms with E-state index >= 15 is 0 Å². The number of carbonyl (C=O) groups is 4. The van der Waals surface area contributed by atoms with Gasteiger partial charge in [0.15, 0.2) is 11.9 Å². The van der Waals surface area contributed by atoms with Gasteiger partial charge in [-0.05, 0) is 31.9 Å². The molecule has 1 amide bonds. The molecule has 0 aliphatic heterocycles. The van der Waals surface area contributed by atoms with E-state index in [2.05, 4.69) is 5.32 Å². The molecule has 2 unspecified atom stereocenters. The van der Waals surface area contributed by atoms with Gasteiger partial charge in [0.25, 0.3) is 5.91 Å². The molecule has 3 rings (SSSR count). The number of carbonyl (C=O) groups excluding carboxylic acids is 4. The summed E-state index contributed by atoms with van der Waals surface area (Å²) < 4.78 is 25.1. The number of esters is 1. The largest absolute Gasteiger partial charge is 0.463 e. The lowest BCUT2D eigenvalue weighted by Gasteiger charge is -2.24. The number of rotatable bonds is 9. The molecule has 0 bridgehead atoms. The number of fused-ring (bicyclic) bond motifs is 3. The number of amides is 1. The first-order valence-electron chi connectivity index (χ1n) is 11.4. The van der Waals surface area contributed by atoms with Gasteiger partial charge in [-0.2, -0.15) is 0 Å². The summed E-state index contributed by atoms with van der Waals surface area (Å²) in [5.41, 5.74) is 1.23. The van der Waals surface area contributed by atoms with Crippen LogP contribution in [0.3, 0.4) is 0 Å². The maximum atomic E-state index is 13.3. The summed E-state index contributed by atoms with van der Waals surface area (Å²) >= 11 is 0. The summed E-state index contributed by atoms with van der Waals surface area (Å²) in [7, 11) is 0. The Morgan fingerprint density at radius 2 is 1.43 bits per heavy atom. The minimum atomic E-state index is -1.44. The zero-order valence-corrected chi connectivity index (χ0v) is 20.1. The topological polar surface area (TPSA) is 104 Å². The normalized spacial score (nSPS) is 13.1. The van der Waals surface area contributed by atoms with Crippen LogP contribution in [0.15, 0.2) is 48.5 Å². The average molecular weight is 485 g/mol. The predicted molar refractivity (Wildman–Crippen MR) is 129 cm³/mol. The molecule has 1 aromatic heterocycles. The maximum Gasteiger partial charge on any atom is 0.419 e. The molecule has 0 aliphatic rings. The van der Waals surface area contributed by atoms with E-state index in [0.29, 0.717) is 11.0 Å². The van der Waals surface area contributed by atoms with E-state index in [-0.39, 0.29) is 0 Å². The molecule has 186 valence electrons. The standard InChI is InChI=1S/C26H29FN2O6/c1-15(2)24(25(32)28-19(22(30)14-27)13-23(31)34-16(3)4)35-26(33)29-20-11-7-5-9-17(20)18-10-6-8-12-21(18)29/h5-12,15-16,19,24H,13-14H2,1-4H3,(H,28,32). The first-order valence-corrected chi connectivity index (χ1v) is 11.4. The van der Waals surface area contributed by atoms with Gasteiger partial charge in [0.05, 0.1) is 23.6 Å². The van der Waals surface area contributed by atoms with E-state index < -0.39 is 61.0 Å². The third kappa shape index (κ3) is 5.85. The predicted octanol–water partition coefficient (Wildman–Crippen LogP) is 4.17. The molecule has 9 heteroatoms. The Kier molecular flexibility index (Phi) is 8.22. The van der Waals surface area contributed by atoms with Crippen molar-refractivity contribution in [1.82, 2.24) is 9.88 Å². The van der Waals surface area contributed by atoms with Crippen molar-refractivity contribution in [2.75, 3.05) is 6.67 Å². The number of nitrogens with one attached hydrogen (secondary N) is 1. The molecule has 2 atom stereocenters. The molecule has 3 aromatic rings. The summed E-state index contributed by atoms with van der Waals surface area (Å²) in [5, 5.41) is 4.06. The average Bonchev–Trinajstić information content (AvgIpc) is 3.15. The SMILES string of the molecule is CC(C)OC(=O)CC(NC(=O)C(OC(=O)n1c2ccccc2c2ccccc21)C(C)C)C(=O)CF. The number of alkyl halides is 1. The Balaban J connectivity index is 1.86. The number of hydrogen-bond donors (Lipinski definition) is 1. The van der Waals surface area contributed by atoms with Gasteiger partial charge < -0.3 is 14.8 Å². The van der Waals surface area contributed by atoms with Crippen molar-refractivity contribution in [3.63, 3.8) is 0 Å². The molecule has 0 saturated carbocycles. The van der Waals surface area contributed by atoms with Gasteiger partial charge in [-0.15, -0.1) is 0 Å². The van der Waals surface area contributed by atoms with E-state index in [4.69, 9.17) is 9.47 Å². The van der Waals surface area contributed by atoms with Crippen LogP contribution in [0.25, 0.3) is 21.8 Å². The van der Waals surface area contributed by atoms with Crippen molar-refractivity contribution in [3.05, 3.63) is 48.5 Å². The first-order chi connectivity index (χ1) is 16.6. The second-order valence-electron chi connectivity index (χ2n) is 8.82. The van der Waals surface area contributed by atoms with Crippen molar-refractivity contribution in [2.24, 2.45) is 5.92 Å². The molecule has 0 radical (unpaired) electrons. The zero-order valence-electron chi connectivity index (χ0n) is 20.1. The van der Waals surface area contributed by atoms with Gasteiger partial charge >= 0.3 is 12.1 Å². The summed E-state index contributed by atoms with van der Waals surface area (Å²) in [6, 6.07) is 13.2. The number of para-hydroxylation sites is 2. The van der Waals surface area contributed by atoms with E-state index in [0.717, 1.165) is 10.8 Å². The van der Waals surface area contributed by atoms with Crippen LogP contribution in [-0.2, 0) is 23.9 Å².